The fourth-order valence-electron chi connectivity index (χ4n) is 2.46. The number of carbonyl (C=O) groups excluding carboxylic acids is 1. The third-order valence-electron chi connectivity index (χ3n) is 3.79. The molecule has 9 heteroatoms. The fourth-order valence-corrected chi connectivity index (χ4v) is 3.55. The van der Waals surface area contributed by atoms with E-state index >= 15 is 0 Å². The summed E-state index contributed by atoms with van der Waals surface area (Å²) in [5, 5.41) is 0. The second-order valence-corrected chi connectivity index (χ2v) is 7.96. The number of hydrogen-bond donors (Lipinski definition) is 0. The topological polar surface area (TPSA) is 63.7 Å². The quantitative estimate of drug-likeness (QED) is 0.741. The van der Waals surface area contributed by atoms with E-state index in [9.17, 15) is 26.4 Å². The molecule has 0 aliphatic heterocycles. The molecule has 0 spiro atoms. The van der Waals surface area contributed by atoms with E-state index in [1.54, 1.807) is 0 Å². The van der Waals surface area contributed by atoms with Crippen LogP contribution in [0.1, 0.15) is 22.8 Å². The molecule has 0 aromatic heterocycles. The van der Waals surface area contributed by atoms with Crippen molar-refractivity contribution in [3.05, 3.63) is 59.7 Å². The van der Waals surface area contributed by atoms with E-state index in [1.165, 1.54) is 56.4 Å². The van der Waals surface area contributed by atoms with Crippen LogP contribution >= 0.6 is 0 Å². The molecule has 0 bridgehead atoms. The third kappa shape index (κ3) is 5.22. The lowest BCUT2D eigenvalue weighted by molar-refractivity contribution is -0.275. The van der Waals surface area contributed by atoms with E-state index in [1.807, 2.05) is 0 Å². The van der Waals surface area contributed by atoms with Gasteiger partial charge in [-0.1, -0.05) is 37.3 Å². The Morgan fingerprint density at radius 1 is 1.07 bits per heavy atom. The van der Waals surface area contributed by atoms with Gasteiger partial charge in [-0.3, -0.25) is 4.79 Å². The molecule has 2 rings (SSSR count). The first-order valence-corrected chi connectivity index (χ1v) is 9.61. The van der Waals surface area contributed by atoms with Gasteiger partial charge in [-0.25, -0.2) is 8.42 Å². The molecule has 0 fully saturated rings. The normalized spacial score (nSPS) is 11.9. The monoisotopic (exact) mass is 401 g/mol. The minimum atomic E-state index is -4.86. The van der Waals surface area contributed by atoms with Crippen LogP contribution < -0.4 is 4.74 Å². The van der Waals surface area contributed by atoms with Crippen LogP contribution in [0.15, 0.2) is 53.4 Å². The Balaban J connectivity index is 2.31. The van der Waals surface area contributed by atoms with Crippen LogP contribution in [0.4, 0.5) is 13.2 Å². The van der Waals surface area contributed by atoms with E-state index in [-0.39, 0.29) is 28.3 Å². The highest BCUT2D eigenvalue weighted by atomic mass is 32.2. The van der Waals surface area contributed by atoms with Crippen molar-refractivity contribution in [2.45, 2.75) is 24.7 Å². The zero-order chi connectivity index (χ0) is 20.2. The molecule has 2 aromatic rings. The number of sulfone groups is 1. The average Bonchev–Trinajstić information content (AvgIpc) is 2.61. The first-order valence-electron chi connectivity index (χ1n) is 7.96. The standard InChI is InChI=1S/C18H18F3NO4S/c1-3-27(24,25)16-11-7-5-9-14(16)17(23)22(2)12-13-8-4-6-10-15(13)26-18(19,20)21/h4-11H,3,12H2,1-2H3. The minimum absolute atomic E-state index is 0.0314. The van der Waals surface area contributed by atoms with Gasteiger partial charge in [0.2, 0.25) is 0 Å². The molecule has 0 N–H and O–H groups in total. The summed E-state index contributed by atoms with van der Waals surface area (Å²) in [6.07, 6.45) is -4.86. The molecular weight excluding hydrogens is 383 g/mol. The van der Waals surface area contributed by atoms with Crippen LogP contribution in [0, 0.1) is 0 Å². The summed E-state index contributed by atoms with van der Waals surface area (Å²) >= 11 is 0. The highest BCUT2D eigenvalue weighted by molar-refractivity contribution is 7.91. The maximum absolute atomic E-state index is 12.7. The molecule has 2 aromatic carbocycles. The van der Waals surface area contributed by atoms with Gasteiger partial charge in [-0.05, 0) is 18.2 Å². The number of ether oxygens (including phenoxy) is 1. The van der Waals surface area contributed by atoms with Crippen molar-refractivity contribution < 1.29 is 31.1 Å². The second-order valence-electron chi connectivity index (χ2n) is 5.72. The first-order chi connectivity index (χ1) is 12.5. The summed E-state index contributed by atoms with van der Waals surface area (Å²) in [7, 11) is -2.26. The molecule has 146 valence electrons. The summed E-state index contributed by atoms with van der Waals surface area (Å²) in [6.45, 7) is 1.27. The average molecular weight is 401 g/mol. The molecule has 0 atom stereocenters. The van der Waals surface area contributed by atoms with Crippen molar-refractivity contribution in [3.8, 4) is 5.75 Å². The SMILES string of the molecule is CCS(=O)(=O)c1ccccc1C(=O)N(C)Cc1ccccc1OC(F)(F)F. The summed E-state index contributed by atoms with van der Waals surface area (Å²) in [5.41, 5.74) is 0.109. The smallest absolute Gasteiger partial charge is 0.405 e. The molecular formula is C18H18F3NO4S. The molecule has 0 heterocycles. The highest BCUT2D eigenvalue weighted by Gasteiger charge is 2.32. The molecule has 0 radical (unpaired) electrons. The maximum Gasteiger partial charge on any atom is 0.573 e. The van der Waals surface area contributed by atoms with Crippen molar-refractivity contribution >= 4 is 15.7 Å². The molecule has 5 nitrogen and oxygen atoms in total. The molecule has 0 saturated heterocycles. The number of para-hydroxylation sites is 1. The van der Waals surface area contributed by atoms with Crippen LogP contribution in [-0.4, -0.2) is 38.4 Å². The summed E-state index contributed by atoms with van der Waals surface area (Å²) in [4.78, 5) is 13.8. The van der Waals surface area contributed by atoms with Gasteiger partial charge in [0, 0.05) is 19.2 Å². The number of nitrogens with zero attached hydrogens (tertiary/aromatic N) is 1. The predicted octanol–water partition coefficient (Wildman–Crippen LogP) is 3.65. The summed E-state index contributed by atoms with van der Waals surface area (Å²) in [5.74, 6) is -1.22. The molecule has 1 amide bonds. The number of carbonyl (C=O) groups is 1. The van der Waals surface area contributed by atoms with Crippen LogP contribution in [0.3, 0.4) is 0 Å². The van der Waals surface area contributed by atoms with Crippen LogP contribution in [0.2, 0.25) is 0 Å². The van der Waals surface area contributed by atoms with E-state index in [0.29, 0.717) is 0 Å². The van der Waals surface area contributed by atoms with Gasteiger partial charge in [0.15, 0.2) is 9.84 Å². The van der Waals surface area contributed by atoms with Crippen LogP contribution in [0.25, 0.3) is 0 Å². The van der Waals surface area contributed by atoms with Crippen LogP contribution in [0.5, 0.6) is 5.75 Å². The van der Waals surface area contributed by atoms with Crippen molar-refractivity contribution in [3.63, 3.8) is 0 Å². The number of benzene rings is 2. The predicted molar refractivity (Wildman–Crippen MR) is 93.1 cm³/mol. The van der Waals surface area contributed by atoms with Crippen molar-refractivity contribution in [1.29, 1.82) is 0 Å². The van der Waals surface area contributed by atoms with Crippen molar-refractivity contribution in [2.24, 2.45) is 0 Å². The van der Waals surface area contributed by atoms with Crippen molar-refractivity contribution in [1.82, 2.24) is 4.90 Å². The van der Waals surface area contributed by atoms with Gasteiger partial charge in [0.25, 0.3) is 5.91 Å². The number of hydrogen-bond acceptors (Lipinski definition) is 4. The minimum Gasteiger partial charge on any atom is -0.405 e. The van der Waals surface area contributed by atoms with Gasteiger partial charge in [0.05, 0.1) is 16.2 Å². The number of halogens is 3. The molecule has 0 aliphatic rings. The Labute approximate surface area is 155 Å². The van der Waals surface area contributed by atoms with E-state index < -0.39 is 27.9 Å². The lowest BCUT2D eigenvalue weighted by atomic mass is 10.1. The zero-order valence-corrected chi connectivity index (χ0v) is 15.5. The van der Waals surface area contributed by atoms with E-state index in [2.05, 4.69) is 4.74 Å². The van der Waals surface area contributed by atoms with Crippen molar-refractivity contribution in [2.75, 3.05) is 12.8 Å². The Morgan fingerprint density at radius 3 is 2.30 bits per heavy atom. The number of rotatable bonds is 6. The Kier molecular flexibility index (Phi) is 6.15. The molecule has 27 heavy (non-hydrogen) atoms. The third-order valence-corrected chi connectivity index (χ3v) is 5.57. The number of amides is 1. The largest absolute Gasteiger partial charge is 0.573 e. The summed E-state index contributed by atoms with van der Waals surface area (Å²) < 4.78 is 66.0. The Hall–Kier alpha value is -2.55. The van der Waals surface area contributed by atoms with Gasteiger partial charge < -0.3 is 9.64 Å². The van der Waals surface area contributed by atoms with Gasteiger partial charge in [0.1, 0.15) is 5.75 Å². The highest BCUT2D eigenvalue weighted by Crippen LogP contribution is 2.27. The van der Waals surface area contributed by atoms with Crippen LogP contribution in [-0.2, 0) is 16.4 Å². The van der Waals surface area contributed by atoms with E-state index in [4.69, 9.17) is 0 Å². The zero-order valence-electron chi connectivity index (χ0n) is 14.7. The summed E-state index contributed by atoms with van der Waals surface area (Å²) in [6, 6.07) is 11.2. The Morgan fingerprint density at radius 2 is 1.67 bits per heavy atom. The second kappa shape index (κ2) is 7.99. The van der Waals surface area contributed by atoms with Gasteiger partial charge >= 0.3 is 6.36 Å². The number of alkyl halides is 3. The molecule has 0 aliphatic carbocycles. The molecule has 0 saturated carbocycles. The van der Waals surface area contributed by atoms with E-state index in [0.717, 1.165) is 11.0 Å². The van der Waals surface area contributed by atoms with Gasteiger partial charge in [-0.2, -0.15) is 0 Å². The fraction of sp³-hybridized carbons (Fsp3) is 0.278. The lowest BCUT2D eigenvalue weighted by Gasteiger charge is -2.21. The maximum atomic E-state index is 12.7. The van der Waals surface area contributed by atoms with Gasteiger partial charge in [-0.15, -0.1) is 13.2 Å². The molecule has 0 unspecified atom stereocenters. The first kappa shape index (κ1) is 20.8. The lowest BCUT2D eigenvalue weighted by Crippen LogP contribution is -2.28. The Bertz CT molecular complexity index is 926.